The molecule has 1 aromatic heterocycles. The van der Waals surface area contributed by atoms with Crippen molar-refractivity contribution in [3.8, 4) is 5.75 Å². The average Bonchev–Trinajstić information content (AvgIpc) is 3.40. The molecule has 0 saturated heterocycles. The van der Waals surface area contributed by atoms with Crippen molar-refractivity contribution in [2.24, 2.45) is 18.9 Å². The smallest absolute Gasteiger partial charge is 0.264 e. The molecule has 2 bridgehead atoms. The molecule has 11 nitrogen and oxygen atoms in total. The first-order valence-electron chi connectivity index (χ1n) is 17.0. The maximum Gasteiger partial charge on any atom is 0.264 e. The van der Waals surface area contributed by atoms with Crippen LogP contribution in [0.5, 0.6) is 5.75 Å². The number of ether oxygens (including phenoxy) is 2. The maximum absolute atomic E-state index is 13.5. The zero-order valence-corrected chi connectivity index (χ0v) is 29.0. The molecular weight excluding hydrogens is 652 g/mol. The van der Waals surface area contributed by atoms with E-state index in [2.05, 4.69) is 43.4 Å². The van der Waals surface area contributed by atoms with Crippen molar-refractivity contribution in [3.05, 3.63) is 76.1 Å². The molecule has 1 N–H and O–H groups in total. The number of carbonyl (C=O) groups is 1. The quantitative estimate of drug-likeness (QED) is 0.370. The fourth-order valence-corrected chi connectivity index (χ4v) is 9.64. The number of aromatic nitrogens is 4. The molecule has 1 amide bonds. The average molecular weight is 695 g/mol. The third-order valence-corrected chi connectivity index (χ3v) is 13.0. The highest BCUT2D eigenvalue weighted by molar-refractivity contribution is 7.90. The summed E-state index contributed by atoms with van der Waals surface area (Å²) < 4.78 is 44.0. The highest BCUT2D eigenvalue weighted by atomic mass is 35.5. The summed E-state index contributed by atoms with van der Waals surface area (Å²) >= 11 is 6.45. The molecule has 1 spiro atoms. The van der Waals surface area contributed by atoms with Crippen LogP contribution in [0.2, 0.25) is 5.02 Å². The molecule has 3 aromatic rings. The van der Waals surface area contributed by atoms with E-state index < -0.39 is 21.2 Å². The predicted molar refractivity (Wildman–Crippen MR) is 183 cm³/mol. The molecule has 1 fully saturated rings. The van der Waals surface area contributed by atoms with Crippen molar-refractivity contribution >= 4 is 33.2 Å². The molecule has 2 aliphatic heterocycles. The number of allylic oxidation sites excluding steroid dienone is 1. The summed E-state index contributed by atoms with van der Waals surface area (Å²) in [5, 5.41) is 11.8. The van der Waals surface area contributed by atoms with E-state index in [-0.39, 0.29) is 24.0 Å². The summed E-state index contributed by atoms with van der Waals surface area (Å²) in [5.41, 5.74) is 3.35. The van der Waals surface area contributed by atoms with Gasteiger partial charge in [-0.15, -0.1) is 5.10 Å². The molecule has 256 valence electrons. The molecule has 1 saturated carbocycles. The van der Waals surface area contributed by atoms with Gasteiger partial charge in [0.25, 0.3) is 5.91 Å². The normalized spacial score (nSPS) is 29.1. The molecule has 7 rings (SSSR count). The second kappa shape index (κ2) is 13.4. The Morgan fingerprint density at radius 1 is 1.17 bits per heavy atom. The minimum atomic E-state index is -3.91. The number of anilines is 1. The SMILES string of the molecule is CC[C@@H]1CC/C=C/[C@H](OCc2nnnn2C)[C@@H]2CC[C@H]2CN2C[C@@]3(CCCc4cc(Cl)ccc43)COc3ccc(cc32)C(=O)NS1(=O)=O. The van der Waals surface area contributed by atoms with Gasteiger partial charge in [0.1, 0.15) is 12.4 Å². The van der Waals surface area contributed by atoms with E-state index in [1.807, 2.05) is 25.1 Å². The number of amides is 1. The van der Waals surface area contributed by atoms with Crippen molar-refractivity contribution in [1.82, 2.24) is 24.9 Å². The van der Waals surface area contributed by atoms with Crippen molar-refractivity contribution in [2.45, 2.75) is 81.7 Å². The Kier molecular flexibility index (Phi) is 9.25. The molecule has 2 aliphatic carbocycles. The molecule has 5 atom stereocenters. The molecular formula is C35H43ClN6O5S. The number of benzene rings is 2. The highest BCUT2D eigenvalue weighted by Crippen LogP contribution is 2.47. The Hall–Kier alpha value is -3.48. The summed E-state index contributed by atoms with van der Waals surface area (Å²) in [4.78, 5) is 15.9. The minimum Gasteiger partial charge on any atom is -0.490 e. The van der Waals surface area contributed by atoms with Gasteiger partial charge in [-0.3, -0.25) is 4.79 Å². The van der Waals surface area contributed by atoms with Gasteiger partial charge in [0, 0.05) is 36.1 Å². The number of sulfonamides is 1. The van der Waals surface area contributed by atoms with Gasteiger partial charge >= 0.3 is 0 Å². The summed E-state index contributed by atoms with van der Waals surface area (Å²) in [6.45, 7) is 4.04. The lowest BCUT2D eigenvalue weighted by Gasteiger charge is -2.46. The second-order valence-corrected chi connectivity index (χ2v) is 16.2. The minimum absolute atomic E-state index is 0.190. The van der Waals surface area contributed by atoms with Gasteiger partial charge in [-0.1, -0.05) is 36.7 Å². The molecule has 0 radical (unpaired) electrons. The van der Waals surface area contributed by atoms with Gasteiger partial charge < -0.3 is 14.4 Å². The largest absolute Gasteiger partial charge is 0.490 e. The van der Waals surface area contributed by atoms with Crippen LogP contribution in [0.3, 0.4) is 0 Å². The first kappa shape index (κ1) is 33.0. The van der Waals surface area contributed by atoms with Crippen LogP contribution in [-0.2, 0) is 40.3 Å². The monoisotopic (exact) mass is 694 g/mol. The fraction of sp³-hybridized carbons (Fsp3) is 0.543. The van der Waals surface area contributed by atoms with Crippen LogP contribution in [0.4, 0.5) is 5.69 Å². The standard InChI is InChI=1S/C35H43ClN6O5S/c1-3-27-8-4-5-9-31(46-20-33-37-39-40-41(33)2)28-13-10-25(28)19-42-21-35(16-6-7-23-17-26(36)12-14-29(23)35)22-47-32-15-11-24(18-30(32)42)34(43)38-48(27,44)45/h5,9,11-12,14-15,17-18,25,27-28,31H,3-4,6-8,10,13,16,19-22H2,1-2H3,(H,38,43)/b9-5+/t25-,27+,28+,31-,35-/m0/s1. The van der Waals surface area contributed by atoms with Crippen LogP contribution >= 0.6 is 11.6 Å². The second-order valence-electron chi connectivity index (χ2n) is 13.8. The summed E-state index contributed by atoms with van der Waals surface area (Å²) in [6.07, 6.45) is 10.3. The number of rotatable bonds is 4. The van der Waals surface area contributed by atoms with E-state index in [0.29, 0.717) is 55.5 Å². The maximum atomic E-state index is 13.5. The zero-order chi connectivity index (χ0) is 33.5. The molecule has 2 aromatic carbocycles. The van der Waals surface area contributed by atoms with Gasteiger partial charge in [-0.05, 0) is 115 Å². The van der Waals surface area contributed by atoms with Crippen LogP contribution in [-0.4, -0.2) is 65.6 Å². The van der Waals surface area contributed by atoms with Crippen molar-refractivity contribution < 1.29 is 22.7 Å². The number of carbonyl (C=O) groups excluding carboxylic acids is 1. The molecule has 0 unspecified atom stereocenters. The Bertz CT molecular complexity index is 1810. The Labute approximate surface area is 287 Å². The first-order valence-corrected chi connectivity index (χ1v) is 18.9. The number of nitrogens with one attached hydrogen (secondary N) is 1. The lowest BCUT2D eigenvalue weighted by atomic mass is 9.68. The van der Waals surface area contributed by atoms with Gasteiger partial charge in [0.15, 0.2) is 5.82 Å². The first-order chi connectivity index (χ1) is 23.2. The van der Waals surface area contributed by atoms with Gasteiger partial charge in [-0.25, -0.2) is 17.8 Å². The van der Waals surface area contributed by atoms with E-state index in [4.69, 9.17) is 21.1 Å². The van der Waals surface area contributed by atoms with Crippen molar-refractivity contribution in [1.29, 1.82) is 0 Å². The lowest BCUT2D eigenvalue weighted by molar-refractivity contribution is -0.0257. The van der Waals surface area contributed by atoms with Gasteiger partial charge in [0.05, 0.1) is 23.6 Å². The molecule has 13 heteroatoms. The van der Waals surface area contributed by atoms with Crippen LogP contribution in [0, 0.1) is 11.8 Å². The molecule has 3 heterocycles. The van der Waals surface area contributed by atoms with Crippen LogP contribution in [0.15, 0.2) is 48.6 Å². The van der Waals surface area contributed by atoms with Crippen LogP contribution < -0.4 is 14.4 Å². The van der Waals surface area contributed by atoms with Gasteiger partial charge in [-0.2, -0.15) is 0 Å². The molecule has 4 aliphatic rings. The van der Waals surface area contributed by atoms with E-state index in [1.165, 1.54) is 11.1 Å². The number of tetrazole rings is 1. The van der Waals surface area contributed by atoms with E-state index >= 15 is 0 Å². The Morgan fingerprint density at radius 3 is 2.81 bits per heavy atom. The van der Waals surface area contributed by atoms with Crippen LogP contribution in [0.25, 0.3) is 0 Å². The van der Waals surface area contributed by atoms with Crippen molar-refractivity contribution in [3.63, 3.8) is 0 Å². The van der Waals surface area contributed by atoms with E-state index in [9.17, 15) is 13.2 Å². The van der Waals surface area contributed by atoms with Crippen molar-refractivity contribution in [2.75, 3.05) is 24.6 Å². The zero-order valence-electron chi connectivity index (χ0n) is 27.5. The Morgan fingerprint density at radius 2 is 2.04 bits per heavy atom. The number of hydrogen-bond donors (Lipinski definition) is 1. The number of nitrogens with zero attached hydrogens (tertiary/aromatic N) is 5. The molecule has 48 heavy (non-hydrogen) atoms. The Balaban J connectivity index is 1.27. The summed E-state index contributed by atoms with van der Waals surface area (Å²) in [5.74, 6) is 1.28. The third kappa shape index (κ3) is 6.46. The topological polar surface area (TPSA) is 129 Å². The van der Waals surface area contributed by atoms with Crippen LogP contribution in [0.1, 0.15) is 79.2 Å². The van der Waals surface area contributed by atoms with E-state index in [0.717, 1.165) is 49.4 Å². The third-order valence-electron chi connectivity index (χ3n) is 10.9. The number of hydrogen-bond acceptors (Lipinski definition) is 9. The number of halogens is 1. The summed E-state index contributed by atoms with van der Waals surface area (Å²) in [6, 6.07) is 11.5. The highest BCUT2D eigenvalue weighted by Gasteiger charge is 2.44. The lowest BCUT2D eigenvalue weighted by Crippen LogP contribution is -2.49. The predicted octanol–water partition coefficient (Wildman–Crippen LogP) is 5.14. The summed E-state index contributed by atoms with van der Waals surface area (Å²) in [7, 11) is -2.12. The van der Waals surface area contributed by atoms with E-state index in [1.54, 1.807) is 23.9 Å². The van der Waals surface area contributed by atoms with Gasteiger partial charge in [0.2, 0.25) is 10.0 Å². The fourth-order valence-electron chi connectivity index (χ4n) is 8.02. The number of fused-ring (bicyclic) bond motifs is 4. The number of aryl methyl sites for hydroxylation is 2.